The quantitative estimate of drug-likeness (QED) is 0.885. The van der Waals surface area contributed by atoms with Gasteiger partial charge in [0.15, 0.2) is 0 Å². The first kappa shape index (κ1) is 17.9. The van der Waals surface area contributed by atoms with Gasteiger partial charge in [-0.3, -0.25) is 4.79 Å². The number of likely N-dealkylation sites (N-methyl/N-ethyl adjacent to an activating group) is 1. The summed E-state index contributed by atoms with van der Waals surface area (Å²) in [5, 5.41) is 2.89. The van der Waals surface area contributed by atoms with Crippen LogP contribution in [0, 0.1) is 12.7 Å². The van der Waals surface area contributed by atoms with Crippen molar-refractivity contribution in [1.82, 2.24) is 19.8 Å². The van der Waals surface area contributed by atoms with E-state index >= 15 is 0 Å². The van der Waals surface area contributed by atoms with Gasteiger partial charge in [-0.1, -0.05) is 0 Å². The van der Waals surface area contributed by atoms with Crippen molar-refractivity contribution in [2.45, 2.75) is 25.9 Å². The van der Waals surface area contributed by atoms with Crippen LogP contribution in [-0.2, 0) is 11.3 Å². The number of halogens is 1. The van der Waals surface area contributed by atoms with Gasteiger partial charge in [0.25, 0.3) is 0 Å². The summed E-state index contributed by atoms with van der Waals surface area (Å²) in [7, 11) is 1.72. The van der Waals surface area contributed by atoms with Crippen molar-refractivity contribution in [2.24, 2.45) is 0 Å². The average molecular weight is 359 g/mol. The van der Waals surface area contributed by atoms with Crippen molar-refractivity contribution in [2.75, 3.05) is 25.0 Å². The lowest BCUT2D eigenvalue weighted by Crippen LogP contribution is -2.45. The molecule has 3 rings (SSSR count). The number of anilines is 1. The fraction of sp³-hybridized carbons (Fsp3) is 0.389. The summed E-state index contributed by atoms with van der Waals surface area (Å²) in [6.45, 7) is 3.48. The van der Waals surface area contributed by atoms with Crippen LogP contribution in [0.2, 0.25) is 0 Å². The third kappa shape index (κ3) is 4.01. The Morgan fingerprint density at radius 3 is 2.77 bits per heavy atom. The normalized spacial score (nSPS) is 16.8. The molecule has 0 aliphatic carbocycles. The molecule has 2 aromatic rings. The summed E-state index contributed by atoms with van der Waals surface area (Å²) in [5.74, 6) is 0.466. The van der Waals surface area contributed by atoms with Gasteiger partial charge >= 0.3 is 6.03 Å². The van der Waals surface area contributed by atoms with Gasteiger partial charge in [0.05, 0.1) is 6.04 Å². The number of nitrogens with one attached hydrogen (secondary N) is 1. The molecule has 0 unspecified atom stereocenters. The Hall–Kier alpha value is -2.90. The van der Waals surface area contributed by atoms with Gasteiger partial charge in [-0.2, -0.15) is 0 Å². The van der Waals surface area contributed by atoms with E-state index in [9.17, 15) is 14.0 Å². The Balaban J connectivity index is 1.52. The number of hydrogen-bond donors (Lipinski definition) is 1. The minimum atomic E-state index is -0.347. The highest BCUT2D eigenvalue weighted by molar-refractivity contribution is 5.96. The standard InChI is InChI=1S/C18H22FN5O2/c1-13-20-7-8-23(13)10-9-22(2)18(26)21-15-11-17(25)24(12-15)16-5-3-14(19)4-6-16/h3-8,15H,9-12H2,1-2H3,(H,21,26)/t15-/m0/s1. The van der Waals surface area contributed by atoms with Gasteiger partial charge in [-0.25, -0.2) is 14.2 Å². The molecule has 26 heavy (non-hydrogen) atoms. The first-order valence-corrected chi connectivity index (χ1v) is 8.49. The third-order valence-electron chi connectivity index (χ3n) is 4.54. The van der Waals surface area contributed by atoms with Crippen LogP contribution < -0.4 is 10.2 Å². The summed E-state index contributed by atoms with van der Waals surface area (Å²) in [6.07, 6.45) is 3.83. The highest BCUT2D eigenvalue weighted by Crippen LogP contribution is 2.21. The SMILES string of the molecule is Cc1nccn1CCN(C)C(=O)N[C@H]1CC(=O)N(c2ccc(F)cc2)C1. The van der Waals surface area contributed by atoms with Crippen molar-refractivity contribution in [1.29, 1.82) is 0 Å². The maximum atomic E-state index is 13.0. The first-order valence-electron chi connectivity index (χ1n) is 8.49. The molecule has 1 atom stereocenters. The maximum Gasteiger partial charge on any atom is 0.317 e. The topological polar surface area (TPSA) is 70.5 Å². The number of carbonyl (C=O) groups excluding carboxylic acids is 2. The molecule has 1 aliphatic rings. The highest BCUT2D eigenvalue weighted by atomic mass is 19.1. The monoisotopic (exact) mass is 359 g/mol. The second kappa shape index (κ2) is 7.55. The van der Waals surface area contributed by atoms with Gasteiger partial charge in [-0.15, -0.1) is 0 Å². The van der Waals surface area contributed by atoms with Crippen LogP contribution in [-0.4, -0.2) is 52.6 Å². The predicted octanol–water partition coefficient (Wildman–Crippen LogP) is 1.78. The van der Waals surface area contributed by atoms with E-state index in [0.717, 1.165) is 5.82 Å². The largest absolute Gasteiger partial charge is 0.333 e. The fourth-order valence-electron chi connectivity index (χ4n) is 2.96. The van der Waals surface area contributed by atoms with E-state index in [0.29, 0.717) is 25.3 Å². The van der Waals surface area contributed by atoms with Gasteiger partial charge < -0.3 is 19.7 Å². The number of rotatable bonds is 5. The minimum absolute atomic E-state index is 0.0846. The van der Waals surface area contributed by atoms with Gasteiger partial charge in [0.1, 0.15) is 11.6 Å². The molecule has 3 amide bonds. The molecule has 8 heteroatoms. The molecule has 1 aromatic carbocycles. The highest BCUT2D eigenvalue weighted by Gasteiger charge is 2.32. The number of amides is 3. The van der Waals surface area contributed by atoms with Crippen molar-refractivity contribution in [3.8, 4) is 0 Å². The van der Waals surface area contributed by atoms with E-state index in [1.54, 1.807) is 35.2 Å². The van der Waals surface area contributed by atoms with Crippen LogP contribution >= 0.6 is 0 Å². The maximum absolute atomic E-state index is 13.0. The van der Waals surface area contributed by atoms with Crippen LogP contribution in [0.25, 0.3) is 0 Å². The lowest BCUT2D eigenvalue weighted by atomic mass is 10.2. The molecular weight excluding hydrogens is 337 g/mol. The molecule has 2 heterocycles. The molecule has 0 bridgehead atoms. The van der Waals surface area contributed by atoms with Crippen LogP contribution in [0.4, 0.5) is 14.9 Å². The number of aromatic nitrogens is 2. The Morgan fingerprint density at radius 2 is 2.12 bits per heavy atom. The summed E-state index contributed by atoms with van der Waals surface area (Å²) >= 11 is 0. The van der Waals surface area contributed by atoms with Crippen LogP contribution in [0.15, 0.2) is 36.7 Å². The number of imidazole rings is 1. The van der Waals surface area contributed by atoms with Crippen LogP contribution in [0.5, 0.6) is 0 Å². The predicted molar refractivity (Wildman–Crippen MR) is 95.3 cm³/mol. The number of aryl methyl sites for hydroxylation is 1. The lowest BCUT2D eigenvalue weighted by molar-refractivity contribution is -0.117. The summed E-state index contributed by atoms with van der Waals surface area (Å²) in [4.78, 5) is 31.9. The van der Waals surface area contributed by atoms with E-state index in [1.165, 1.54) is 12.1 Å². The van der Waals surface area contributed by atoms with E-state index in [4.69, 9.17) is 0 Å². The van der Waals surface area contributed by atoms with Gasteiger partial charge in [-0.05, 0) is 31.2 Å². The summed E-state index contributed by atoms with van der Waals surface area (Å²) in [6, 6.07) is 5.29. The zero-order chi connectivity index (χ0) is 18.7. The van der Waals surface area contributed by atoms with Crippen molar-refractivity contribution in [3.63, 3.8) is 0 Å². The zero-order valence-corrected chi connectivity index (χ0v) is 14.9. The molecule has 1 saturated heterocycles. The smallest absolute Gasteiger partial charge is 0.317 e. The fourth-order valence-corrected chi connectivity index (χ4v) is 2.96. The lowest BCUT2D eigenvalue weighted by Gasteiger charge is -2.22. The molecule has 1 fully saturated rings. The second-order valence-electron chi connectivity index (χ2n) is 6.42. The van der Waals surface area contributed by atoms with Crippen molar-refractivity contribution in [3.05, 3.63) is 48.3 Å². The average Bonchev–Trinajstić information content (AvgIpc) is 3.18. The van der Waals surface area contributed by atoms with Crippen LogP contribution in [0.3, 0.4) is 0 Å². The second-order valence-corrected chi connectivity index (χ2v) is 6.42. The minimum Gasteiger partial charge on any atom is -0.333 e. The van der Waals surface area contributed by atoms with Crippen molar-refractivity contribution < 1.29 is 14.0 Å². The Labute approximate surface area is 151 Å². The molecular formula is C18H22FN5O2. The van der Waals surface area contributed by atoms with Gasteiger partial charge in [0, 0.05) is 51.2 Å². The van der Waals surface area contributed by atoms with E-state index < -0.39 is 0 Å². The molecule has 138 valence electrons. The Kier molecular flexibility index (Phi) is 5.20. The number of hydrogen-bond acceptors (Lipinski definition) is 3. The molecule has 0 radical (unpaired) electrons. The number of carbonyl (C=O) groups is 2. The molecule has 1 N–H and O–H groups in total. The zero-order valence-electron chi connectivity index (χ0n) is 14.9. The molecule has 0 spiro atoms. The first-order chi connectivity index (χ1) is 12.4. The Bertz CT molecular complexity index is 789. The van der Waals surface area contributed by atoms with E-state index in [-0.39, 0.29) is 30.2 Å². The van der Waals surface area contributed by atoms with Crippen molar-refractivity contribution >= 4 is 17.6 Å². The summed E-state index contributed by atoms with van der Waals surface area (Å²) < 4.78 is 15.0. The third-order valence-corrected chi connectivity index (χ3v) is 4.54. The summed E-state index contributed by atoms with van der Waals surface area (Å²) in [5.41, 5.74) is 0.636. The number of nitrogens with zero attached hydrogens (tertiary/aromatic N) is 4. The molecule has 0 saturated carbocycles. The van der Waals surface area contributed by atoms with Crippen LogP contribution in [0.1, 0.15) is 12.2 Å². The van der Waals surface area contributed by atoms with E-state index in [1.807, 2.05) is 17.7 Å². The van der Waals surface area contributed by atoms with Gasteiger partial charge in [0.2, 0.25) is 5.91 Å². The number of urea groups is 1. The number of benzene rings is 1. The Morgan fingerprint density at radius 1 is 1.38 bits per heavy atom. The molecule has 1 aliphatic heterocycles. The van der Waals surface area contributed by atoms with E-state index in [2.05, 4.69) is 10.3 Å². The molecule has 7 nitrogen and oxygen atoms in total. The molecule has 1 aromatic heterocycles.